The Kier molecular flexibility index (Phi) is 2.90. The smallest absolute Gasteiger partial charge is 0.207 e. The molecule has 3 nitrogen and oxygen atoms in total. The average molecular weight is 219 g/mol. The number of aromatic nitrogens is 2. The molecular formula is C12H14FN3. The molecule has 1 aromatic heterocycles. The number of benzene rings is 1. The number of rotatable bonds is 3. The minimum Gasteiger partial charge on any atom is -0.356 e. The fraction of sp³-hybridized carbons (Fsp3) is 0.250. The molecule has 0 amide bonds. The third-order valence-electron chi connectivity index (χ3n) is 2.39. The van der Waals surface area contributed by atoms with Crippen molar-refractivity contribution in [3.63, 3.8) is 0 Å². The number of nitrogens with zero attached hydrogens (tertiary/aromatic N) is 2. The van der Waals surface area contributed by atoms with Gasteiger partial charge in [0.15, 0.2) is 0 Å². The standard InChI is InChI=1S/C12H14FN3/c1-3-14-12-15-6-7-16(12)11-5-4-10(13)8-9(11)2/h4-8H,3H2,1-2H3,(H,14,15). The van der Waals surface area contributed by atoms with E-state index in [4.69, 9.17) is 0 Å². The second-order valence-electron chi connectivity index (χ2n) is 3.58. The third kappa shape index (κ3) is 1.91. The molecule has 84 valence electrons. The minimum atomic E-state index is -0.216. The summed E-state index contributed by atoms with van der Waals surface area (Å²) in [4.78, 5) is 4.20. The molecule has 0 saturated carbocycles. The molecule has 16 heavy (non-hydrogen) atoms. The SMILES string of the molecule is CCNc1nccn1-c1ccc(F)cc1C. The van der Waals surface area contributed by atoms with Crippen molar-refractivity contribution in [3.8, 4) is 5.69 Å². The zero-order chi connectivity index (χ0) is 11.5. The van der Waals surface area contributed by atoms with Gasteiger partial charge in [0.05, 0.1) is 5.69 Å². The Bertz CT molecular complexity index is 491. The van der Waals surface area contributed by atoms with Crippen LogP contribution < -0.4 is 5.32 Å². The van der Waals surface area contributed by atoms with Crippen LogP contribution in [0.1, 0.15) is 12.5 Å². The number of imidazole rings is 1. The largest absolute Gasteiger partial charge is 0.356 e. The second-order valence-corrected chi connectivity index (χ2v) is 3.58. The maximum Gasteiger partial charge on any atom is 0.207 e. The number of nitrogens with one attached hydrogen (secondary N) is 1. The first kappa shape index (κ1) is 10.7. The molecule has 0 fully saturated rings. The summed E-state index contributed by atoms with van der Waals surface area (Å²) < 4.78 is 14.9. The molecular weight excluding hydrogens is 205 g/mol. The molecule has 0 atom stereocenters. The van der Waals surface area contributed by atoms with Gasteiger partial charge in [0.2, 0.25) is 5.95 Å². The first-order valence-corrected chi connectivity index (χ1v) is 5.26. The van der Waals surface area contributed by atoms with Crippen LogP contribution in [0.2, 0.25) is 0 Å². The van der Waals surface area contributed by atoms with E-state index in [0.29, 0.717) is 0 Å². The number of anilines is 1. The Labute approximate surface area is 93.9 Å². The molecule has 0 aliphatic rings. The van der Waals surface area contributed by atoms with Gasteiger partial charge in [0.25, 0.3) is 0 Å². The molecule has 1 heterocycles. The van der Waals surface area contributed by atoms with Crippen LogP contribution in [0.4, 0.5) is 10.3 Å². The lowest BCUT2D eigenvalue weighted by molar-refractivity contribution is 0.626. The monoisotopic (exact) mass is 219 g/mol. The number of hydrogen-bond acceptors (Lipinski definition) is 2. The highest BCUT2D eigenvalue weighted by atomic mass is 19.1. The van der Waals surface area contributed by atoms with Gasteiger partial charge in [-0.1, -0.05) is 0 Å². The summed E-state index contributed by atoms with van der Waals surface area (Å²) in [6.45, 7) is 4.70. The number of aryl methyl sites for hydroxylation is 1. The van der Waals surface area contributed by atoms with Crippen LogP contribution in [0, 0.1) is 12.7 Å². The molecule has 0 spiro atoms. The molecule has 0 bridgehead atoms. The van der Waals surface area contributed by atoms with Gasteiger partial charge in [-0.3, -0.25) is 4.57 Å². The maximum absolute atomic E-state index is 13.0. The van der Waals surface area contributed by atoms with Crippen molar-refractivity contribution in [2.24, 2.45) is 0 Å². The minimum absolute atomic E-state index is 0.216. The summed E-state index contributed by atoms with van der Waals surface area (Å²) >= 11 is 0. The zero-order valence-electron chi connectivity index (χ0n) is 9.37. The molecule has 1 N–H and O–H groups in total. The summed E-state index contributed by atoms with van der Waals surface area (Å²) in [6, 6.07) is 4.73. The van der Waals surface area contributed by atoms with Crippen molar-refractivity contribution in [1.82, 2.24) is 9.55 Å². The predicted octanol–water partition coefficient (Wildman–Crippen LogP) is 2.75. The molecule has 0 radical (unpaired) electrons. The molecule has 0 aliphatic carbocycles. The Hall–Kier alpha value is -1.84. The van der Waals surface area contributed by atoms with E-state index in [1.807, 2.05) is 24.6 Å². The van der Waals surface area contributed by atoms with Crippen LogP contribution in [0.3, 0.4) is 0 Å². The molecule has 0 saturated heterocycles. The summed E-state index contributed by atoms with van der Waals surface area (Å²) in [5, 5.41) is 3.15. The fourth-order valence-electron chi connectivity index (χ4n) is 1.68. The molecule has 4 heteroatoms. The molecule has 1 aromatic carbocycles. The Morgan fingerprint density at radius 2 is 2.25 bits per heavy atom. The van der Waals surface area contributed by atoms with Crippen molar-refractivity contribution >= 4 is 5.95 Å². The van der Waals surface area contributed by atoms with E-state index in [9.17, 15) is 4.39 Å². The molecule has 2 aromatic rings. The highest BCUT2D eigenvalue weighted by molar-refractivity contribution is 5.46. The maximum atomic E-state index is 13.0. The number of halogens is 1. The van der Waals surface area contributed by atoms with Gasteiger partial charge in [-0.15, -0.1) is 0 Å². The van der Waals surface area contributed by atoms with Crippen LogP contribution >= 0.6 is 0 Å². The van der Waals surface area contributed by atoms with Crippen molar-refractivity contribution in [1.29, 1.82) is 0 Å². The van der Waals surface area contributed by atoms with Crippen molar-refractivity contribution in [3.05, 3.63) is 42.0 Å². The van der Waals surface area contributed by atoms with Crippen LogP contribution in [-0.4, -0.2) is 16.1 Å². The van der Waals surface area contributed by atoms with E-state index in [2.05, 4.69) is 10.3 Å². The van der Waals surface area contributed by atoms with Gasteiger partial charge >= 0.3 is 0 Å². The highest BCUT2D eigenvalue weighted by Gasteiger charge is 2.06. The lowest BCUT2D eigenvalue weighted by atomic mass is 10.2. The fourth-order valence-corrected chi connectivity index (χ4v) is 1.68. The highest BCUT2D eigenvalue weighted by Crippen LogP contribution is 2.19. The normalized spacial score (nSPS) is 10.4. The van der Waals surface area contributed by atoms with Crippen LogP contribution in [-0.2, 0) is 0 Å². The first-order chi connectivity index (χ1) is 7.72. The Morgan fingerprint density at radius 1 is 1.44 bits per heavy atom. The first-order valence-electron chi connectivity index (χ1n) is 5.26. The summed E-state index contributed by atoms with van der Waals surface area (Å²) in [7, 11) is 0. The predicted molar refractivity (Wildman–Crippen MR) is 62.4 cm³/mol. The van der Waals surface area contributed by atoms with Crippen LogP contribution in [0.5, 0.6) is 0 Å². The topological polar surface area (TPSA) is 29.9 Å². The lowest BCUT2D eigenvalue weighted by Crippen LogP contribution is -2.06. The lowest BCUT2D eigenvalue weighted by Gasteiger charge is -2.11. The quantitative estimate of drug-likeness (QED) is 0.860. The van der Waals surface area contributed by atoms with E-state index in [0.717, 1.165) is 23.7 Å². The summed E-state index contributed by atoms with van der Waals surface area (Å²) in [5.74, 6) is 0.559. The Morgan fingerprint density at radius 3 is 2.94 bits per heavy atom. The summed E-state index contributed by atoms with van der Waals surface area (Å²) in [6.07, 6.45) is 3.58. The van der Waals surface area contributed by atoms with E-state index in [-0.39, 0.29) is 5.82 Å². The van der Waals surface area contributed by atoms with Gasteiger partial charge in [0.1, 0.15) is 5.82 Å². The van der Waals surface area contributed by atoms with Gasteiger partial charge in [-0.25, -0.2) is 9.37 Å². The zero-order valence-corrected chi connectivity index (χ0v) is 9.37. The molecule has 2 rings (SSSR count). The van der Waals surface area contributed by atoms with Crippen LogP contribution in [0.25, 0.3) is 5.69 Å². The molecule has 0 unspecified atom stereocenters. The second kappa shape index (κ2) is 4.35. The van der Waals surface area contributed by atoms with Gasteiger partial charge < -0.3 is 5.32 Å². The average Bonchev–Trinajstić information content (AvgIpc) is 2.67. The number of hydrogen-bond donors (Lipinski definition) is 1. The Balaban J connectivity index is 2.46. The van der Waals surface area contributed by atoms with Crippen molar-refractivity contribution in [2.45, 2.75) is 13.8 Å². The van der Waals surface area contributed by atoms with Gasteiger partial charge in [0, 0.05) is 18.9 Å². The van der Waals surface area contributed by atoms with E-state index >= 15 is 0 Å². The molecule has 0 aliphatic heterocycles. The summed E-state index contributed by atoms with van der Waals surface area (Å²) in [5.41, 5.74) is 1.83. The van der Waals surface area contributed by atoms with E-state index in [1.165, 1.54) is 12.1 Å². The third-order valence-corrected chi connectivity index (χ3v) is 2.39. The van der Waals surface area contributed by atoms with E-state index < -0.39 is 0 Å². The van der Waals surface area contributed by atoms with Crippen molar-refractivity contribution in [2.75, 3.05) is 11.9 Å². The van der Waals surface area contributed by atoms with Crippen LogP contribution in [0.15, 0.2) is 30.6 Å². The van der Waals surface area contributed by atoms with Crippen molar-refractivity contribution < 1.29 is 4.39 Å². The van der Waals surface area contributed by atoms with Gasteiger partial charge in [-0.05, 0) is 37.6 Å². The van der Waals surface area contributed by atoms with Gasteiger partial charge in [-0.2, -0.15) is 0 Å². The van der Waals surface area contributed by atoms with E-state index in [1.54, 1.807) is 12.3 Å².